The van der Waals surface area contributed by atoms with Crippen LogP contribution in [-0.2, 0) is 7.05 Å². The number of nitrogens with one attached hydrogen (secondary N) is 1. The smallest absolute Gasteiger partial charge is 0.279 e. The number of aromatic nitrogens is 5. The van der Waals surface area contributed by atoms with E-state index in [0.29, 0.717) is 40.2 Å². The number of pyridine rings is 1. The van der Waals surface area contributed by atoms with E-state index in [9.17, 15) is 14.9 Å². The van der Waals surface area contributed by atoms with E-state index < -0.39 is 6.04 Å². The maximum Gasteiger partial charge on any atom is 0.279 e. The average Bonchev–Trinajstić information content (AvgIpc) is 3.46. The van der Waals surface area contributed by atoms with E-state index in [0.717, 1.165) is 5.56 Å². The van der Waals surface area contributed by atoms with Crippen molar-refractivity contribution in [2.24, 2.45) is 7.05 Å². The van der Waals surface area contributed by atoms with Gasteiger partial charge < -0.3 is 19.2 Å². The number of benzene rings is 1. The summed E-state index contributed by atoms with van der Waals surface area (Å²) in [5.74, 6) is 0.820. The highest BCUT2D eigenvalue weighted by Crippen LogP contribution is 2.45. The predicted octanol–water partition coefficient (Wildman–Crippen LogP) is 3.94. The van der Waals surface area contributed by atoms with Crippen LogP contribution >= 0.6 is 11.6 Å². The summed E-state index contributed by atoms with van der Waals surface area (Å²) in [5.41, 5.74) is 2.75. The number of halogens is 1. The summed E-state index contributed by atoms with van der Waals surface area (Å²) in [5, 5.41) is 12.2. The number of methoxy groups -OCH3 is 1. The molecule has 4 aromatic rings. The zero-order valence-corrected chi connectivity index (χ0v) is 22.7. The van der Waals surface area contributed by atoms with Gasteiger partial charge in [0.1, 0.15) is 16.9 Å². The molecule has 4 heterocycles. The Balaban J connectivity index is 1.79. The molecule has 1 unspecified atom stereocenters. The lowest BCUT2D eigenvalue weighted by atomic mass is 10.0. The number of carbonyl (C=O) groups is 1. The third-order valence-electron chi connectivity index (χ3n) is 6.57. The van der Waals surface area contributed by atoms with Crippen molar-refractivity contribution in [3.05, 3.63) is 80.6 Å². The van der Waals surface area contributed by atoms with E-state index >= 15 is 0 Å². The number of nitrogens with zero attached hydrogens (tertiary/aromatic N) is 7. The van der Waals surface area contributed by atoms with Crippen LogP contribution in [0.25, 0.3) is 11.4 Å². The Hall–Kier alpha value is -4.69. The first kappa shape index (κ1) is 25.9. The van der Waals surface area contributed by atoms with Crippen LogP contribution in [0.5, 0.6) is 5.88 Å². The standard InChI is InChI=1S/C27H25ClN8O3/c1-14(2)35-22-20(32-23(35)18-12-31-27(30-3)33-24(18)39-5)26(38)36(17-10-19(28)25(37)34(4)13-17)21(22)16-8-6-15(11-29)7-9-16/h6-10,12-14,21H,1-5H3,(H,30,31,33). The fourth-order valence-corrected chi connectivity index (χ4v) is 5.07. The normalized spacial score (nSPS) is 14.5. The number of nitriles is 1. The van der Waals surface area contributed by atoms with E-state index in [1.54, 1.807) is 43.5 Å². The van der Waals surface area contributed by atoms with Crippen LogP contribution < -0.4 is 20.5 Å². The van der Waals surface area contributed by atoms with Crippen LogP contribution in [0, 0.1) is 11.3 Å². The van der Waals surface area contributed by atoms with Gasteiger partial charge in [0.25, 0.3) is 11.5 Å². The molecular weight excluding hydrogens is 520 g/mol. The highest BCUT2D eigenvalue weighted by Gasteiger charge is 2.45. The topological polar surface area (TPSA) is 131 Å². The fraction of sp³-hybridized carbons (Fsp3) is 0.259. The zero-order chi connectivity index (χ0) is 28.0. The molecule has 12 heteroatoms. The molecule has 1 aromatic carbocycles. The monoisotopic (exact) mass is 544 g/mol. The molecule has 0 saturated heterocycles. The molecule has 0 bridgehead atoms. The Morgan fingerprint density at radius 2 is 1.90 bits per heavy atom. The Bertz CT molecular complexity index is 1680. The van der Waals surface area contributed by atoms with Gasteiger partial charge in [0, 0.05) is 32.5 Å². The van der Waals surface area contributed by atoms with E-state index in [-0.39, 0.29) is 28.2 Å². The second kappa shape index (κ2) is 9.89. The molecule has 198 valence electrons. The third kappa shape index (κ3) is 4.19. The number of fused-ring (bicyclic) bond motifs is 1. The number of carbonyl (C=O) groups excluding carboxylic acids is 1. The van der Waals surface area contributed by atoms with Crippen molar-refractivity contribution in [2.75, 3.05) is 24.4 Å². The Morgan fingerprint density at radius 1 is 1.18 bits per heavy atom. The summed E-state index contributed by atoms with van der Waals surface area (Å²) in [6.07, 6.45) is 3.18. The van der Waals surface area contributed by atoms with Gasteiger partial charge >= 0.3 is 0 Å². The molecule has 0 radical (unpaired) electrons. The minimum Gasteiger partial charge on any atom is -0.480 e. The molecule has 1 aliphatic heterocycles. The zero-order valence-electron chi connectivity index (χ0n) is 21.9. The van der Waals surface area contributed by atoms with Crippen LogP contribution in [0.2, 0.25) is 5.02 Å². The van der Waals surface area contributed by atoms with Crippen molar-refractivity contribution in [1.29, 1.82) is 5.26 Å². The Morgan fingerprint density at radius 3 is 2.49 bits per heavy atom. The van der Waals surface area contributed by atoms with Gasteiger partial charge in [0.15, 0.2) is 5.69 Å². The van der Waals surface area contributed by atoms with Crippen LogP contribution in [-0.4, -0.2) is 44.2 Å². The van der Waals surface area contributed by atoms with Crippen molar-refractivity contribution < 1.29 is 9.53 Å². The summed E-state index contributed by atoms with van der Waals surface area (Å²) in [7, 11) is 4.80. The first-order valence-electron chi connectivity index (χ1n) is 12.1. The summed E-state index contributed by atoms with van der Waals surface area (Å²) in [6.45, 7) is 3.99. The molecule has 1 aliphatic rings. The fourth-order valence-electron chi connectivity index (χ4n) is 4.83. The molecule has 0 spiro atoms. The van der Waals surface area contributed by atoms with Crippen LogP contribution in [0.3, 0.4) is 0 Å². The Labute approximate surface area is 229 Å². The van der Waals surface area contributed by atoms with Crippen molar-refractivity contribution in [3.63, 3.8) is 0 Å². The largest absolute Gasteiger partial charge is 0.480 e. The third-order valence-corrected chi connectivity index (χ3v) is 6.84. The molecule has 11 nitrogen and oxygen atoms in total. The highest BCUT2D eigenvalue weighted by molar-refractivity contribution is 6.30. The maximum absolute atomic E-state index is 14.1. The maximum atomic E-state index is 14.1. The van der Waals surface area contributed by atoms with Crippen LogP contribution in [0.15, 0.2) is 47.5 Å². The van der Waals surface area contributed by atoms with Crippen LogP contribution in [0.1, 0.15) is 53.2 Å². The SMILES string of the molecule is CNc1ncc(-c2nc3c(n2C(C)C)C(c2ccc(C#N)cc2)N(c2cc(Cl)c(=O)n(C)c2)C3=O)c(OC)n1. The quantitative estimate of drug-likeness (QED) is 0.386. The number of ether oxygens (including phenoxy) is 1. The highest BCUT2D eigenvalue weighted by atomic mass is 35.5. The van der Waals surface area contributed by atoms with E-state index in [4.69, 9.17) is 21.3 Å². The molecule has 5 rings (SSSR count). The molecule has 3 aromatic heterocycles. The number of aryl methyl sites for hydroxylation is 1. The molecule has 0 aliphatic carbocycles. The lowest BCUT2D eigenvalue weighted by Gasteiger charge is -2.28. The minimum absolute atomic E-state index is 0.00940. The lowest BCUT2D eigenvalue weighted by Crippen LogP contribution is -2.32. The van der Waals surface area contributed by atoms with Gasteiger partial charge in [0.05, 0.1) is 35.7 Å². The second-order valence-electron chi connectivity index (χ2n) is 9.27. The van der Waals surface area contributed by atoms with Gasteiger partial charge in [0.2, 0.25) is 11.8 Å². The molecule has 1 N–H and O–H groups in total. The van der Waals surface area contributed by atoms with Gasteiger partial charge in [-0.25, -0.2) is 9.97 Å². The van der Waals surface area contributed by atoms with Crippen molar-refractivity contribution >= 4 is 29.1 Å². The minimum atomic E-state index is -0.624. The van der Waals surface area contributed by atoms with E-state index in [1.165, 1.54) is 17.7 Å². The number of amides is 1. The summed E-state index contributed by atoms with van der Waals surface area (Å²) in [4.78, 5) is 41.5. The molecular formula is C27H25ClN8O3. The van der Waals surface area contributed by atoms with Gasteiger partial charge in [-0.1, -0.05) is 23.7 Å². The van der Waals surface area contributed by atoms with E-state index in [2.05, 4.69) is 21.4 Å². The van der Waals surface area contributed by atoms with Crippen molar-refractivity contribution in [3.8, 4) is 23.3 Å². The van der Waals surface area contributed by atoms with Crippen LogP contribution in [0.4, 0.5) is 11.6 Å². The molecule has 1 amide bonds. The van der Waals surface area contributed by atoms with Crippen molar-refractivity contribution in [2.45, 2.75) is 25.9 Å². The molecule has 39 heavy (non-hydrogen) atoms. The molecule has 0 saturated carbocycles. The summed E-state index contributed by atoms with van der Waals surface area (Å²) >= 11 is 6.25. The van der Waals surface area contributed by atoms with Gasteiger partial charge in [-0.05, 0) is 37.6 Å². The number of hydrogen-bond acceptors (Lipinski definition) is 8. The second-order valence-corrected chi connectivity index (χ2v) is 9.68. The first-order chi connectivity index (χ1) is 18.7. The summed E-state index contributed by atoms with van der Waals surface area (Å²) in [6, 6.07) is 9.89. The predicted molar refractivity (Wildman–Crippen MR) is 146 cm³/mol. The van der Waals surface area contributed by atoms with Gasteiger partial charge in [-0.3, -0.25) is 14.5 Å². The molecule has 0 fully saturated rings. The summed E-state index contributed by atoms with van der Waals surface area (Å²) < 4.78 is 8.86. The van der Waals surface area contributed by atoms with E-state index in [1.807, 2.05) is 30.5 Å². The van der Waals surface area contributed by atoms with Gasteiger partial charge in [-0.2, -0.15) is 10.2 Å². The lowest BCUT2D eigenvalue weighted by molar-refractivity contribution is 0.0989. The van der Waals surface area contributed by atoms with Crippen molar-refractivity contribution in [1.82, 2.24) is 24.1 Å². The number of hydrogen-bond donors (Lipinski definition) is 1. The number of imidazole rings is 1. The first-order valence-corrected chi connectivity index (χ1v) is 12.5. The molecule has 1 atom stereocenters. The Kier molecular flexibility index (Phi) is 6.57. The van der Waals surface area contributed by atoms with Gasteiger partial charge in [-0.15, -0.1) is 0 Å². The number of anilines is 2. The average molecular weight is 545 g/mol. The number of rotatable bonds is 6.